The monoisotopic (exact) mass is 581 g/mol. The molecule has 4 atom stereocenters. The molecule has 1 aromatic heterocycles. The third kappa shape index (κ3) is 5.05. The molecule has 3 amide bonds. The molecule has 3 N–H and O–H groups in total. The Bertz CT molecular complexity index is 1680. The van der Waals surface area contributed by atoms with E-state index in [2.05, 4.69) is 5.32 Å². The van der Waals surface area contributed by atoms with Crippen molar-refractivity contribution in [1.82, 2.24) is 4.90 Å². The number of anilines is 1. The first-order chi connectivity index (χ1) is 20.8. The van der Waals surface area contributed by atoms with Crippen molar-refractivity contribution in [3.05, 3.63) is 107 Å². The summed E-state index contributed by atoms with van der Waals surface area (Å²) in [5.41, 5.74) is 8.25. The number of likely N-dealkylation sites (tertiary alicyclic amines) is 1. The summed E-state index contributed by atoms with van der Waals surface area (Å²) in [5.74, 6) is -0.106. The highest BCUT2D eigenvalue weighted by atomic mass is 16.7. The smallest absolute Gasteiger partial charge is 0.323 e. The molecule has 2 aliphatic rings. The van der Waals surface area contributed by atoms with Gasteiger partial charge in [-0.2, -0.15) is 0 Å². The number of carbonyl (C=O) groups excluding carboxylic acids is 3. The van der Waals surface area contributed by atoms with Crippen molar-refractivity contribution in [3.8, 4) is 17.2 Å². The zero-order valence-electron chi connectivity index (χ0n) is 23.9. The molecule has 2 aliphatic heterocycles. The van der Waals surface area contributed by atoms with Gasteiger partial charge in [0.15, 0.2) is 17.3 Å². The first kappa shape index (κ1) is 27.9. The Morgan fingerprint density at radius 1 is 0.907 bits per heavy atom. The van der Waals surface area contributed by atoms with Crippen LogP contribution in [0.3, 0.4) is 0 Å². The molecule has 0 radical (unpaired) electrons. The minimum atomic E-state index is -1.19. The van der Waals surface area contributed by atoms with Gasteiger partial charge in [-0.05, 0) is 67.4 Å². The number of para-hydroxylation sites is 1. The number of nitrogens with zero attached hydrogens (tertiary/aromatic N) is 1. The number of carbonyl (C=O) groups is 3. The van der Waals surface area contributed by atoms with E-state index in [0.717, 1.165) is 0 Å². The van der Waals surface area contributed by atoms with Gasteiger partial charge in [0.05, 0.1) is 24.6 Å². The highest BCUT2D eigenvalue weighted by Gasteiger charge is 2.57. The second-order valence-electron chi connectivity index (χ2n) is 10.6. The molecule has 4 unspecified atom stereocenters. The molecule has 3 heterocycles. The lowest BCUT2D eigenvalue weighted by atomic mass is 9.76. The van der Waals surface area contributed by atoms with Gasteiger partial charge >= 0.3 is 6.03 Å². The highest BCUT2D eigenvalue weighted by Crippen LogP contribution is 2.53. The van der Waals surface area contributed by atoms with Gasteiger partial charge in [0.2, 0.25) is 12.7 Å². The number of hydrogen-bond donors (Lipinski definition) is 2. The normalized spacial score (nSPS) is 20.6. The second-order valence-corrected chi connectivity index (χ2v) is 10.6. The fraction of sp³-hybridized carbons (Fsp3) is 0.242. The predicted octanol–water partition coefficient (Wildman–Crippen LogP) is 5.36. The third-order valence-corrected chi connectivity index (χ3v) is 8.07. The van der Waals surface area contributed by atoms with Crippen LogP contribution in [0.15, 0.2) is 83.3 Å². The SMILES string of the molecule is COc1ccc(C2C(C(=O)c3cc(C)oc3C)C(c3ccc4c(c3)OCO4)N(C(=O)Nc3ccccc3)C2C(N)=O)cc1. The molecule has 0 saturated carbocycles. The summed E-state index contributed by atoms with van der Waals surface area (Å²) in [6.07, 6.45) is 0. The zero-order valence-corrected chi connectivity index (χ0v) is 23.9. The predicted molar refractivity (Wildman–Crippen MR) is 157 cm³/mol. The van der Waals surface area contributed by atoms with E-state index in [1.807, 2.05) is 6.07 Å². The Labute approximate surface area is 248 Å². The maximum Gasteiger partial charge on any atom is 0.323 e. The summed E-state index contributed by atoms with van der Waals surface area (Å²) in [4.78, 5) is 43.7. The quantitative estimate of drug-likeness (QED) is 0.281. The molecule has 0 bridgehead atoms. The van der Waals surface area contributed by atoms with Gasteiger partial charge in [-0.3, -0.25) is 9.59 Å². The van der Waals surface area contributed by atoms with Gasteiger partial charge in [0.25, 0.3) is 0 Å². The van der Waals surface area contributed by atoms with Crippen molar-refractivity contribution in [2.45, 2.75) is 31.8 Å². The fourth-order valence-corrected chi connectivity index (χ4v) is 6.23. The Hall–Kier alpha value is -5.25. The number of ether oxygens (including phenoxy) is 3. The molecule has 0 spiro atoms. The number of nitrogens with one attached hydrogen (secondary N) is 1. The van der Waals surface area contributed by atoms with E-state index in [1.165, 1.54) is 4.90 Å². The van der Waals surface area contributed by atoms with Crippen LogP contribution in [-0.4, -0.2) is 42.6 Å². The number of fused-ring (bicyclic) bond motifs is 1. The molecule has 3 aromatic carbocycles. The third-order valence-electron chi connectivity index (χ3n) is 8.07. The Morgan fingerprint density at radius 2 is 1.60 bits per heavy atom. The maximum atomic E-state index is 14.6. The van der Waals surface area contributed by atoms with Gasteiger partial charge in [0, 0.05) is 11.6 Å². The number of rotatable bonds is 7. The highest BCUT2D eigenvalue weighted by molar-refractivity contribution is 6.03. The molecule has 220 valence electrons. The number of urea groups is 1. The summed E-state index contributed by atoms with van der Waals surface area (Å²) in [5, 5.41) is 2.90. The van der Waals surface area contributed by atoms with Crippen LogP contribution in [0, 0.1) is 19.8 Å². The molecule has 4 aromatic rings. The van der Waals surface area contributed by atoms with Crippen molar-refractivity contribution >= 4 is 23.4 Å². The number of hydrogen-bond acceptors (Lipinski definition) is 7. The van der Waals surface area contributed by atoms with Crippen molar-refractivity contribution in [1.29, 1.82) is 0 Å². The number of methoxy groups -OCH3 is 1. The van der Waals surface area contributed by atoms with Crippen LogP contribution in [-0.2, 0) is 4.79 Å². The van der Waals surface area contributed by atoms with Crippen molar-refractivity contribution < 1.29 is 33.0 Å². The minimum Gasteiger partial charge on any atom is -0.497 e. The van der Waals surface area contributed by atoms with Crippen LogP contribution < -0.4 is 25.3 Å². The van der Waals surface area contributed by atoms with Gasteiger partial charge in [-0.15, -0.1) is 0 Å². The summed E-state index contributed by atoms with van der Waals surface area (Å²) in [6.45, 7) is 3.54. The molecule has 10 heteroatoms. The number of primary amides is 1. The summed E-state index contributed by atoms with van der Waals surface area (Å²) in [7, 11) is 1.55. The van der Waals surface area contributed by atoms with Crippen molar-refractivity contribution in [3.63, 3.8) is 0 Å². The lowest BCUT2D eigenvalue weighted by molar-refractivity contribution is -0.122. The van der Waals surface area contributed by atoms with E-state index in [-0.39, 0.29) is 12.6 Å². The van der Waals surface area contributed by atoms with Crippen molar-refractivity contribution in [2.24, 2.45) is 11.7 Å². The first-order valence-corrected chi connectivity index (χ1v) is 13.8. The molecule has 6 rings (SSSR count). The van der Waals surface area contributed by atoms with Crippen LogP contribution >= 0.6 is 0 Å². The Morgan fingerprint density at radius 3 is 2.26 bits per heavy atom. The molecule has 0 aliphatic carbocycles. The van der Waals surface area contributed by atoms with Crippen LogP contribution in [0.4, 0.5) is 10.5 Å². The molecular weight excluding hydrogens is 550 g/mol. The Kier molecular flexibility index (Phi) is 7.27. The number of aryl methyl sites for hydroxylation is 2. The van der Waals surface area contributed by atoms with Gasteiger partial charge in [-0.1, -0.05) is 36.4 Å². The average molecular weight is 582 g/mol. The summed E-state index contributed by atoms with van der Waals surface area (Å²) < 4.78 is 22.3. The van der Waals surface area contributed by atoms with E-state index in [1.54, 1.807) is 93.8 Å². The number of furan rings is 1. The molecule has 1 saturated heterocycles. The van der Waals surface area contributed by atoms with Crippen LogP contribution in [0.1, 0.15) is 45.0 Å². The van der Waals surface area contributed by atoms with E-state index in [4.69, 9.17) is 24.4 Å². The van der Waals surface area contributed by atoms with Gasteiger partial charge < -0.3 is 34.6 Å². The first-order valence-electron chi connectivity index (χ1n) is 13.8. The lowest BCUT2D eigenvalue weighted by Crippen LogP contribution is -2.48. The maximum absolute atomic E-state index is 14.6. The summed E-state index contributed by atoms with van der Waals surface area (Å²) >= 11 is 0. The number of ketones is 1. The molecule has 1 fully saturated rings. The number of amides is 3. The largest absolute Gasteiger partial charge is 0.497 e. The number of benzene rings is 3. The molecular formula is C33H31N3O7. The Balaban J connectivity index is 1.57. The standard InChI is InChI=1S/C33H31N3O7/c1-18-15-24(19(2)43-18)31(37)28-27(20-9-12-23(40-3)13-10-20)30(32(34)38)36(33(39)35-22-7-5-4-6-8-22)29(28)21-11-14-25-26(16-21)42-17-41-25/h4-16,27-30H,17H2,1-3H3,(H2,34,38)(H,35,39). The van der Waals surface area contributed by atoms with Crippen LogP contribution in [0.2, 0.25) is 0 Å². The van der Waals surface area contributed by atoms with Crippen LogP contribution in [0.5, 0.6) is 17.2 Å². The van der Waals surface area contributed by atoms with Crippen molar-refractivity contribution in [2.75, 3.05) is 19.2 Å². The van der Waals surface area contributed by atoms with E-state index in [9.17, 15) is 14.4 Å². The van der Waals surface area contributed by atoms with E-state index >= 15 is 0 Å². The van der Waals surface area contributed by atoms with Gasteiger partial charge in [-0.25, -0.2) is 4.79 Å². The fourth-order valence-electron chi connectivity index (χ4n) is 6.23. The average Bonchev–Trinajstić information content (AvgIpc) is 3.71. The second kappa shape index (κ2) is 11.2. The summed E-state index contributed by atoms with van der Waals surface area (Å²) in [6, 6.07) is 20.3. The number of nitrogens with two attached hydrogens (primary N) is 1. The topological polar surface area (TPSA) is 133 Å². The minimum absolute atomic E-state index is 0.0515. The van der Waals surface area contributed by atoms with E-state index < -0.39 is 35.9 Å². The lowest BCUT2D eigenvalue weighted by Gasteiger charge is -2.31. The molecule has 10 nitrogen and oxygen atoms in total. The zero-order chi connectivity index (χ0) is 30.2. The molecule has 43 heavy (non-hydrogen) atoms. The van der Waals surface area contributed by atoms with E-state index in [0.29, 0.717) is 51.1 Å². The number of Topliss-reactive ketones (excluding diaryl/α,β-unsaturated/α-hetero) is 1. The van der Waals surface area contributed by atoms with Gasteiger partial charge in [0.1, 0.15) is 23.3 Å². The van der Waals surface area contributed by atoms with Crippen LogP contribution in [0.25, 0.3) is 0 Å².